The summed E-state index contributed by atoms with van der Waals surface area (Å²) in [5, 5.41) is 0. The van der Waals surface area contributed by atoms with E-state index >= 15 is 0 Å². The van der Waals surface area contributed by atoms with Gasteiger partial charge in [-0.1, -0.05) is 68.7 Å². The van der Waals surface area contributed by atoms with Crippen molar-refractivity contribution in [3.63, 3.8) is 0 Å². The van der Waals surface area contributed by atoms with Crippen molar-refractivity contribution in [1.29, 1.82) is 0 Å². The molecule has 0 heteroatoms. The molecule has 104 valence electrons. The lowest BCUT2D eigenvalue weighted by atomic mass is 9.81. The molecule has 1 aliphatic rings. The van der Waals surface area contributed by atoms with E-state index in [2.05, 4.69) is 38.3 Å². The zero-order chi connectivity index (χ0) is 13.9. The Labute approximate surface area is 119 Å². The van der Waals surface area contributed by atoms with E-state index in [4.69, 9.17) is 0 Å². The largest absolute Gasteiger partial charge is 0.103 e. The molecule has 1 atom stereocenters. The van der Waals surface area contributed by atoms with Crippen LogP contribution in [0.4, 0.5) is 0 Å². The highest BCUT2D eigenvalue weighted by Crippen LogP contribution is 2.29. The maximum absolute atomic E-state index is 3.84. The Morgan fingerprint density at radius 1 is 1.11 bits per heavy atom. The lowest BCUT2D eigenvalue weighted by Crippen LogP contribution is -2.12. The molecule has 0 saturated heterocycles. The van der Waals surface area contributed by atoms with Crippen LogP contribution >= 0.6 is 0 Å². The van der Waals surface area contributed by atoms with Crippen LogP contribution < -0.4 is 0 Å². The first-order valence-corrected chi connectivity index (χ1v) is 7.55. The molecule has 0 bridgehead atoms. The van der Waals surface area contributed by atoms with Crippen LogP contribution in [-0.4, -0.2) is 0 Å². The van der Waals surface area contributed by atoms with Gasteiger partial charge < -0.3 is 0 Å². The van der Waals surface area contributed by atoms with Gasteiger partial charge in [0.15, 0.2) is 0 Å². The number of allylic oxidation sites excluding steroid dienone is 2. The van der Waals surface area contributed by atoms with Crippen molar-refractivity contribution in [2.45, 2.75) is 45.4 Å². The van der Waals surface area contributed by atoms with Gasteiger partial charge in [-0.15, -0.1) is 13.2 Å². The van der Waals surface area contributed by atoms with Crippen LogP contribution in [0.15, 0.2) is 55.6 Å². The van der Waals surface area contributed by atoms with Crippen LogP contribution in [0, 0.1) is 11.8 Å². The molecule has 0 spiro atoms. The molecule has 0 aromatic heterocycles. The Morgan fingerprint density at radius 3 is 2.26 bits per heavy atom. The first-order valence-electron chi connectivity index (χ1n) is 7.55. The molecule has 1 aliphatic carbocycles. The summed E-state index contributed by atoms with van der Waals surface area (Å²) in [6, 6.07) is 10.3. The minimum absolute atomic E-state index is 0.750. The second kappa shape index (κ2) is 9.61. The maximum atomic E-state index is 3.84. The molecule has 1 aromatic rings. The van der Waals surface area contributed by atoms with Crippen molar-refractivity contribution < 1.29 is 0 Å². The van der Waals surface area contributed by atoms with E-state index in [1.165, 1.54) is 37.7 Å². The van der Waals surface area contributed by atoms with E-state index in [1.807, 2.05) is 24.3 Å². The molecule has 0 radical (unpaired) electrons. The van der Waals surface area contributed by atoms with E-state index in [9.17, 15) is 0 Å². The second-order valence-corrected chi connectivity index (χ2v) is 5.47. The van der Waals surface area contributed by atoms with Gasteiger partial charge in [-0.25, -0.2) is 0 Å². The number of benzene rings is 1. The Kier molecular flexibility index (Phi) is 7.97. The number of rotatable bonds is 4. The van der Waals surface area contributed by atoms with Gasteiger partial charge >= 0.3 is 0 Å². The van der Waals surface area contributed by atoms with Crippen molar-refractivity contribution in [2.24, 2.45) is 11.8 Å². The Hall–Kier alpha value is -1.30. The second-order valence-electron chi connectivity index (χ2n) is 5.47. The number of hydrogen-bond acceptors (Lipinski definition) is 0. The molecule has 1 fully saturated rings. The fraction of sp³-hybridized carbons (Fsp3) is 0.474. The molecule has 0 nitrogen and oxygen atoms in total. The van der Waals surface area contributed by atoms with E-state index in [0.717, 1.165) is 18.3 Å². The minimum atomic E-state index is 0.750. The zero-order valence-electron chi connectivity index (χ0n) is 12.4. The third-order valence-electron chi connectivity index (χ3n) is 3.99. The van der Waals surface area contributed by atoms with Crippen LogP contribution in [0.25, 0.3) is 0 Å². The highest BCUT2D eigenvalue weighted by molar-refractivity contribution is 5.16. The lowest BCUT2D eigenvalue weighted by molar-refractivity contribution is 0.300. The summed E-state index contributed by atoms with van der Waals surface area (Å²) in [5.74, 6) is 1.70. The Balaban J connectivity index is 0.000000191. The molecule has 1 aromatic carbocycles. The number of hydrogen-bond donors (Lipinski definition) is 0. The van der Waals surface area contributed by atoms with Gasteiger partial charge in [0.1, 0.15) is 0 Å². The van der Waals surface area contributed by atoms with Gasteiger partial charge in [-0.2, -0.15) is 0 Å². The molecule has 0 N–H and O–H groups in total. The third-order valence-corrected chi connectivity index (χ3v) is 3.99. The summed E-state index contributed by atoms with van der Waals surface area (Å²) in [7, 11) is 0. The van der Waals surface area contributed by atoms with Crippen molar-refractivity contribution in [3.05, 3.63) is 61.2 Å². The normalized spacial score (nSPS) is 16.9. The van der Waals surface area contributed by atoms with Gasteiger partial charge in [-0.05, 0) is 36.7 Å². The van der Waals surface area contributed by atoms with Crippen LogP contribution in [0.5, 0.6) is 0 Å². The lowest BCUT2D eigenvalue weighted by Gasteiger charge is -2.25. The molecule has 0 amide bonds. The fourth-order valence-electron chi connectivity index (χ4n) is 2.63. The smallest absolute Gasteiger partial charge is 0.0100 e. The van der Waals surface area contributed by atoms with E-state index in [0.29, 0.717) is 0 Å². The predicted octanol–water partition coefficient (Wildman–Crippen LogP) is 5.80. The van der Waals surface area contributed by atoms with E-state index in [1.54, 1.807) is 0 Å². The topological polar surface area (TPSA) is 0 Å². The molecule has 19 heavy (non-hydrogen) atoms. The standard InChI is InChI=1S/C10H18.C9H10/c1-3-9(2)10-7-5-4-6-8-10;1-2-6-9-7-4-3-5-8-9/h3,9-10H,1,4-8H2,2H3;2-5,7-8H,1,6H2. The molecule has 2 rings (SSSR count). The summed E-state index contributed by atoms with van der Waals surface area (Å²) < 4.78 is 0. The first-order chi connectivity index (χ1) is 9.27. The third kappa shape index (κ3) is 6.42. The molecule has 1 saturated carbocycles. The highest BCUT2D eigenvalue weighted by atomic mass is 14.2. The van der Waals surface area contributed by atoms with Crippen LogP contribution in [0.1, 0.15) is 44.6 Å². The SMILES string of the molecule is C=CC(C)C1CCCCC1.C=CCc1ccccc1. The van der Waals surface area contributed by atoms with E-state index in [-0.39, 0.29) is 0 Å². The molecular formula is C19H28. The Bertz CT molecular complexity index is 344. The molecular weight excluding hydrogens is 228 g/mol. The van der Waals surface area contributed by atoms with Gasteiger partial charge in [-0.3, -0.25) is 0 Å². The molecule has 1 unspecified atom stereocenters. The average molecular weight is 256 g/mol. The van der Waals surface area contributed by atoms with Crippen molar-refractivity contribution in [3.8, 4) is 0 Å². The van der Waals surface area contributed by atoms with Gasteiger partial charge in [0, 0.05) is 0 Å². The molecule has 0 aliphatic heterocycles. The maximum Gasteiger partial charge on any atom is -0.0100 e. The van der Waals surface area contributed by atoms with Crippen molar-refractivity contribution >= 4 is 0 Å². The summed E-state index contributed by atoms with van der Waals surface area (Å²) in [5.41, 5.74) is 1.33. The Morgan fingerprint density at radius 2 is 1.74 bits per heavy atom. The monoisotopic (exact) mass is 256 g/mol. The highest BCUT2D eigenvalue weighted by Gasteiger charge is 2.16. The summed E-state index contributed by atoms with van der Waals surface area (Å²) in [6.45, 7) is 9.79. The predicted molar refractivity (Wildman–Crippen MR) is 86.3 cm³/mol. The molecule has 0 heterocycles. The van der Waals surface area contributed by atoms with Crippen molar-refractivity contribution in [2.75, 3.05) is 0 Å². The van der Waals surface area contributed by atoms with Gasteiger partial charge in [0.25, 0.3) is 0 Å². The summed E-state index contributed by atoms with van der Waals surface area (Å²) in [6.07, 6.45) is 12.2. The minimum Gasteiger partial charge on any atom is -0.103 e. The van der Waals surface area contributed by atoms with Crippen molar-refractivity contribution in [1.82, 2.24) is 0 Å². The zero-order valence-corrected chi connectivity index (χ0v) is 12.4. The summed E-state index contributed by atoms with van der Waals surface area (Å²) >= 11 is 0. The van der Waals surface area contributed by atoms with E-state index < -0.39 is 0 Å². The average Bonchev–Trinajstić information content (AvgIpc) is 2.49. The first kappa shape index (κ1) is 15.8. The van der Waals surface area contributed by atoms with Crippen LogP contribution in [0.2, 0.25) is 0 Å². The van der Waals surface area contributed by atoms with Crippen LogP contribution in [0.3, 0.4) is 0 Å². The van der Waals surface area contributed by atoms with Crippen LogP contribution in [-0.2, 0) is 6.42 Å². The van der Waals surface area contributed by atoms with Gasteiger partial charge in [0.2, 0.25) is 0 Å². The van der Waals surface area contributed by atoms with Gasteiger partial charge in [0.05, 0.1) is 0 Å². The summed E-state index contributed by atoms with van der Waals surface area (Å²) in [4.78, 5) is 0. The quantitative estimate of drug-likeness (QED) is 0.597. The fourth-order valence-corrected chi connectivity index (χ4v) is 2.63.